The minimum absolute atomic E-state index is 0.0456. The van der Waals surface area contributed by atoms with Crippen molar-refractivity contribution in [3.05, 3.63) is 12.3 Å². The lowest BCUT2D eigenvalue weighted by Gasteiger charge is -2.17. The minimum atomic E-state index is -0.469. The first-order chi connectivity index (χ1) is 9.61. The smallest absolute Gasteiger partial charge is 0.227 e. The number of hydrogen-bond acceptors (Lipinski definition) is 3. The van der Waals surface area contributed by atoms with E-state index >= 15 is 0 Å². The lowest BCUT2D eigenvalue weighted by molar-refractivity contribution is -0.131. The van der Waals surface area contributed by atoms with E-state index in [-0.39, 0.29) is 25.4 Å². The average molecular weight is 284 g/mol. The van der Waals surface area contributed by atoms with E-state index in [1.807, 2.05) is 6.08 Å². The van der Waals surface area contributed by atoms with Crippen LogP contribution in [0.3, 0.4) is 0 Å². The Hall–Kier alpha value is -1.36. The molecule has 0 saturated heterocycles. The normalized spacial score (nSPS) is 10.9. The van der Waals surface area contributed by atoms with Crippen molar-refractivity contribution in [1.82, 2.24) is 4.90 Å². The highest BCUT2D eigenvalue weighted by atomic mass is 16.3. The van der Waals surface area contributed by atoms with E-state index in [4.69, 9.17) is 10.8 Å². The summed E-state index contributed by atoms with van der Waals surface area (Å²) in [5.74, 6) is -0.592. The quantitative estimate of drug-likeness (QED) is 0.537. The lowest BCUT2D eigenvalue weighted by Crippen LogP contribution is -2.28. The largest absolute Gasteiger partial charge is 0.396 e. The molecule has 0 aromatic heterocycles. The van der Waals surface area contributed by atoms with Crippen LogP contribution in [0.15, 0.2) is 12.3 Å². The van der Waals surface area contributed by atoms with Gasteiger partial charge < -0.3 is 15.7 Å². The van der Waals surface area contributed by atoms with Crippen molar-refractivity contribution in [3.8, 4) is 0 Å². The Balaban J connectivity index is 4.14. The van der Waals surface area contributed by atoms with Gasteiger partial charge in [-0.1, -0.05) is 32.3 Å². The van der Waals surface area contributed by atoms with Crippen LogP contribution in [0.5, 0.6) is 0 Å². The standard InChI is InChI=1S/C15H28N2O3/c1-2-3-4-5-6-7-11-17(12-8-13-18)15(20)10-9-14(16)19/h7,11,18H,2-6,8-10,12-13H2,1H3,(H2,16,19). The van der Waals surface area contributed by atoms with Gasteiger partial charge in [0, 0.05) is 32.2 Å². The molecule has 0 aliphatic rings. The Morgan fingerprint density at radius 3 is 2.50 bits per heavy atom. The molecular weight excluding hydrogens is 256 g/mol. The molecule has 116 valence electrons. The maximum absolute atomic E-state index is 11.9. The van der Waals surface area contributed by atoms with Crippen LogP contribution < -0.4 is 5.73 Å². The molecule has 0 fully saturated rings. The third kappa shape index (κ3) is 10.6. The summed E-state index contributed by atoms with van der Waals surface area (Å²) < 4.78 is 0. The minimum Gasteiger partial charge on any atom is -0.396 e. The second kappa shape index (κ2) is 12.7. The highest BCUT2D eigenvalue weighted by molar-refractivity contribution is 5.83. The first kappa shape index (κ1) is 18.6. The van der Waals surface area contributed by atoms with Gasteiger partial charge in [0.1, 0.15) is 0 Å². The topological polar surface area (TPSA) is 83.6 Å². The molecule has 0 unspecified atom stereocenters. The number of allylic oxidation sites excluding steroid dienone is 1. The summed E-state index contributed by atoms with van der Waals surface area (Å²) in [7, 11) is 0. The molecule has 0 spiro atoms. The summed E-state index contributed by atoms with van der Waals surface area (Å²) in [4.78, 5) is 24.2. The predicted molar refractivity (Wildman–Crippen MR) is 79.7 cm³/mol. The fourth-order valence-electron chi connectivity index (χ4n) is 1.79. The van der Waals surface area contributed by atoms with Crippen molar-refractivity contribution in [2.24, 2.45) is 5.73 Å². The van der Waals surface area contributed by atoms with Crippen LogP contribution in [0.1, 0.15) is 58.3 Å². The second-order valence-electron chi connectivity index (χ2n) is 4.86. The van der Waals surface area contributed by atoms with E-state index in [9.17, 15) is 9.59 Å². The number of primary amides is 1. The van der Waals surface area contributed by atoms with Gasteiger partial charge in [-0.3, -0.25) is 9.59 Å². The van der Waals surface area contributed by atoms with E-state index in [2.05, 4.69) is 6.92 Å². The molecule has 0 bridgehead atoms. The lowest BCUT2D eigenvalue weighted by atomic mass is 10.1. The molecule has 0 aliphatic heterocycles. The van der Waals surface area contributed by atoms with Gasteiger partial charge in [0.2, 0.25) is 11.8 Å². The van der Waals surface area contributed by atoms with Gasteiger partial charge in [-0.25, -0.2) is 0 Å². The Morgan fingerprint density at radius 1 is 1.15 bits per heavy atom. The van der Waals surface area contributed by atoms with Crippen LogP contribution in [0.4, 0.5) is 0 Å². The van der Waals surface area contributed by atoms with Gasteiger partial charge in [0.05, 0.1) is 0 Å². The third-order valence-electron chi connectivity index (χ3n) is 2.97. The molecule has 0 heterocycles. The van der Waals surface area contributed by atoms with E-state index in [0.29, 0.717) is 13.0 Å². The number of aliphatic hydroxyl groups excluding tert-OH is 1. The number of unbranched alkanes of at least 4 members (excludes halogenated alkanes) is 4. The molecule has 0 saturated carbocycles. The van der Waals surface area contributed by atoms with Crippen molar-refractivity contribution in [2.45, 2.75) is 58.3 Å². The first-order valence-electron chi connectivity index (χ1n) is 7.47. The zero-order valence-corrected chi connectivity index (χ0v) is 12.5. The molecule has 0 aromatic carbocycles. The predicted octanol–water partition coefficient (Wildman–Crippen LogP) is 1.95. The fourth-order valence-corrected chi connectivity index (χ4v) is 1.79. The maximum atomic E-state index is 11.9. The second-order valence-corrected chi connectivity index (χ2v) is 4.86. The highest BCUT2D eigenvalue weighted by Crippen LogP contribution is 2.05. The van der Waals surface area contributed by atoms with Crippen LogP contribution in [0.2, 0.25) is 0 Å². The SMILES string of the molecule is CCCCCCC=CN(CCCO)C(=O)CCC(N)=O. The number of nitrogens with zero attached hydrogens (tertiary/aromatic N) is 1. The van der Waals surface area contributed by atoms with Crippen LogP contribution in [0, 0.1) is 0 Å². The zero-order valence-electron chi connectivity index (χ0n) is 12.5. The number of hydrogen-bond donors (Lipinski definition) is 2. The van der Waals surface area contributed by atoms with Gasteiger partial charge in [-0.15, -0.1) is 0 Å². The van der Waals surface area contributed by atoms with Crippen LogP contribution in [-0.2, 0) is 9.59 Å². The summed E-state index contributed by atoms with van der Waals surface area (Å²) in [5.41, 5.74) is 5.04. The zero-order chi connectivity index (χ0) is 15.2. The Bertz CT molecular complexity index is 303. The Kier molecular flexibility index (Phi) is 11.8. The molecule has 0 radical (unpaired) electrons. The monoisotopic (exact) mass is 284 g/mol. The summed E-state index contributed by atoms with van der Waals surface area (Å²) >= 11 is 0. The molecule has 3 N–H and O–H groups in total. The van der Waals surface area contributed by atoms with Gasteiger partial charge in [-0.2, -0.15) is 0 Å². The molecule has 0 aromatic rings. The van der Waals surface area contributed by atoms with Crippen molar-refractivity contribution in [3.63, 3.8) is 0 Å². The number of aliphatic hydroxyl groups is 1. The van der Waals surface area contributed by atoms with Gasteiger partial charge in [-0.05, 0) is 19.3 Å². The Morgan fingerprint density at radius 2 is 1.90 bits per heavy atom. The van der Waals surface area contributed by atoms with Crippen LogP contribution in [-0.4, -0.2) is 35.0 Å². The molecule has 20 heavy (non-hydrogen) atoms. The Labute approximate surface area is 121 Å². The number of carbonyl (C=O) groups is 2. The van der Waals surface area contributed by atoms with E-state index in [0.717, 1.165) is 12.8 Å². The molecule has 5 heteroatoms. The van der Waals surface area contributed by atoms with E-state index in [1.165, 1.54) is 19.3 Å². The molecule has 0 atom stereocenters. The number of carbonyl (C=O) groups excluding carboxylic acids is 2. The van der Waals surface area contributed by atoms with Crippen molar-refractivity contribution < 1.29 is 14.7 Å². The van der Waals surface area contributed by atoms with Crippen molar-refractivity contribution in [2.75, 3.05) is 13.2 Å². The van der Waals surface area contributed by atoms with Crippen LogP contribution >= 0.6 is 0 Å². The average Bonchev–Trinajstić information content (AvgIpc) is 2.43. The number of amides is 2. The van der Waals surface area contributed by atoms with E-state index < -0.39 is 5.91 Å². The third-order valence-corrected chi connectivity index (χ3v) is 2.97. The molecule has 5 nitrogen and oxygen atoms in total. The van der Waals surface area contributed by atoms with E-state index in [1.54, 1.807) is 11.1 Å². The molecule has 0 rings (SSSR count). The molecular formula is C15H28N2O3. The molecule has 2 amide bonds. The summed E-state index contributed by atoms with van der Waals surface area (Å²) in [6.07, 6.45) is 10.2. The molecule has 0 aliphatic carbocycles. The fraction of sp³-hybridized carbons (Fsp3) is 0.733. The summed E-state index contributed by atoms with van der Waals surface area (Å²) in [6.45, 7) is 2.69. The number of rotatable bonds is 12. The van der Waals surface area contributed by atoms with Gasteiger partial charge in [0.15, 0.2) is 0 Å². The highest BCUT2D eigenvalue weighted by Gasteiger charge is 2.11. The van der Waals surface area contributed by atoms with Crippen LogP contribution in [0.25, 0.3) is 0 Å². The first-order valence-corrected chi connectivity index (χ1v) is 7.47. The maximum Gasteiger partial charge on any atom is 0.227 e. The number of nitrogens with two attached hydrogens (primary N) is 1. The summed E-state index contributed by atoms with van der Waals surface area (Å²) in [5, 5.41) is 8.85. The van der Waals surface area contributed by atoms with Crippen molar-refractivity contribution in [1.29, 1.82) is 0 Å². The van der Waals surface area contributed by atoms with Crippen molar-refractivity contribution >= 4 is 11.8 Å². The van der Waals surface area contributed by atoms with Gasteiger partial charge in [0.25, 0.3) is 0 Å². The summed E-state index contributed by atoms with van der Waals surface area (Å²) in [6, 6.07) is 0. The van der Waals surface area contributed by atoms with Gasteiger partial charge >= 0.3 is 0 Å².